The van der Waals surface area contributed by atoms with Crippen molar-refractivity contribution in [2.24, 2.45) is 0 Å². The first-order valence-electron chi connectivity index (χ1n) is 9.76. The highest BCUT2D eigenvalue weighted by molar-refractivity contribution is 6.03. The van der Waals surface area contributed by atoms with Crippen LogP contribution in [0.2, 0.25) is 0 Å². The Bertz CT molecular complexity index is 1510. The summed E-state index contributed by atoms with van der Waals surface area (Å²) in [5.74, 6) is 0.193. The van der Waals surface area contributed by atoms with Crippen molar-refractivity contribution in [2.45, 2.75) is 6.92 Å². The number of aryl methyl sites for hydroxylation is 1. The van der Waals surface area contributed by atoms with Crippen LogP contribution in [0, 0.1) is 18.3 Å². The number of hydrogen-bond donors (Lipinski definition) is 1. The lowest BCUT2D eigenvalue weighted by Crippen LogP contribution is -2.13. The van der Waals surface area contributed by atoms with Crippen molar-refractivity contribution >= 4 is 17.2 Å². The molecule has 0 saturated heterocycles. The predicted molar refractivity (Wildman–Crippen MR) is 117 cm³/mol. The first-order valence-corrected chi connectivity index (χ1v) is 9.76. The van der Waals surface area contributed by atoms with Gasteiger partial charge in [0, 0.05) is 23.1 Å². The Balaban J connectivity index is 1.59. The third-order valence-corrected chi connectivity index (χ3v) is 4.85. The minimum atomic E-state index is -0.394. The number of pyridine rings is 2. The van der Waals surface area contributed by atoms with Gasteiger partial charge < -0.3 is 5.32 Å². The van der Waals surface area contributed by atoms with E-state index in [1.807, 2.05) is 43.5 Å². The van der Waals surface area contributed by atoms with Gasteiger partial charge in [0.1, 0.15) is 6.33 Å². The highest BCUT2D eigenvalue weighted by Crippen LogP contribution is 2.24. The Morgan fingerprint density at radius 3 is 2.81 bits per heavy atom. The molecule has 0 bridgehead atoms. The molecule has 9 nitrogen and oxygen atoms in total. The number of benzene rings is 1. The summed E-state index contributed by atoms with van der Waals surface area (Å²) in [5.41, 5.74) is 4.20. The molecule has 0 aliphatic heterocycles. The Hall–Kier alpha value is -4.84. The van der Waals surface area contributed by atoms with Crippen LogP contribution in [-0.2, 0) is 0 Å². The second kappa shape index (κ2) is 7.77. The fraction of sp³-hybridized carbons (Fsp3) is 0.0435. The number of nitrogens with one attached hydrogen (secondary N) is 1. The highest BCUT2D eigenvalue weighted by Gasteiger charge is 2.18. The molecule has 0 atom stereocenters. The van der Waals surface area contributed by atoms with E-state index in [1.165, 1.54) is 6.33 Å². The monoisotopic (exact) mass is 420 g/mol. The molecule has 4 heterocycles. The van der Waals surface area contributed by atoms with E-state index in [1.54, 1.807) is 39.5 Å². The van der Waals surface area contributed by atoms with Crippen LogP contribution in [0.25, 0.3) is 22.7 Å². The topological polar surface area (TPSA) is 114 Å². The maximum Gasteiger partial charge on any atom is 0.276 e. The minimum absolute atomic E-state index is 0.212. The normalized spacial score (nSPS) is 10.8. The van der Waals surface area contributed by atoms with E-state index in [-0.39, 0.29) is 5.69 Å². The van der Waals surface area contributed by atoms with Gasteiger partial charge in [-0.05, 0) is 55.5 Å². The maximum absolute atomic E-state index is 13.0. The van der Waals surface area contributed by atoms with Crippen LogP contribution in [0.4, 0.5) is 5.69 Å². The third-order valence-electron chi connectivity index (χ3n) is 4.85. The SMILES string of the molecule is Cc1cccc(-n2nc(C(=O)Nc3cccc(C#N)c3)cc2-c2ccc3ncnn3c2)n1. The molecule has 0 fully saturated rings. The van der Waals surface area contributed by atoms with Crippen LogP contribution in [0.3, 0.4) is 0 Å². The number of amides is 1. The first-order chi connectivity index (χ1) is 15.6. The average Bonchev–Trinajstić information content (AvgIpc) is 3.46. The molecule has 0 radical (unpaired) electrons. The van der Waals surface area contributed by atoms with Crippen molar-refractivity contribution in [3.63, 3.8) is 0 Å². The van der Waals surface area contributed by atoms with Gasteiger partial charge in [0.2, 0.25) is 0 Å². The van der Waals surface area contributed by atoms with Crippen molar-refractivity contribution < 1.29 is 4.79 Å². The lowest BCUT2D eigenvalue weighted by atomic mass is 10.2. The van der Waals surface area contributed by atoms with Gasteiger partial charge in [-0.1, -0.05) is 12.1 Å². The number of carbonyl (C=O) groups excluding carboxylic acids is 1. The lowest BCUT2D eigenvalue weighted by Gasteiger charge is -2.07. The van der Waals surface area contributed by atoms with Crippen LogP contribution in [0.5, 0.6) is 0 Å². The molecule has 32 heavy (non-hydrogen) atoms. The molecular formula is C23H16N8O. The van der Waals surface area contributed by atoms with Crippen LogP contribution >= 0.6 is 0 Å². The smallest absolute Gasteiger partial charge is 0.276 e. The standard InChI is InChI=1S/C23H16N8O/c1-15-4-2-7-22(27-15)31-20(17-8-9-21-25-14-26-30(21)13-17)11-19(29-31)23(32)28-18-6-3-5-16(10-18)12-24/h2-11,13-14H,1H3,(H,28,32). The molecule has 0 spiro atoms. The van der Waals surface area contributed by atoms with E-state index in [0.29, 0.717) is 28.4 Å². The Morgan fingerprint density at radius 2 is 1.97 bits per heavy atom. The van der Waals surface area contributed by atoms with E-state index < -0.39 is 5.91 Å². The van der Waals surface area contributed by atoms with Crippen molar-refractivity contribution in [3.8, 4) is 23.1 Å². The van der Waals surface area contributed by atoms with E-state index in [9.17, 15) is 4.79 Å². The number of rotatable bonds is 4. The van der Waals surface area contributed by atoms with E-state index in [4.69, 9.17) is 5.26 Å². The molecule has 5 aromatic rings. The van der Waals surface area contributed by atoms with Gasteiger partial charge in [0.25, 0.3) is 5.91 Å². The molecule has 154 valence electrons. The zero-order valence-corrected chi connectivity index (χ0v) is 17.0. The molecule has 1 amide bonds. The fourth-order valence-electron chi connectivity index (χ4n) is 3.35. The summed E-state index contributed by atoms with van der Waals surface area (Å²) in [4.78, 5) is 21.7. The molecule has 5 rings (SSSR count). The summed E-state index contributed by atoms with van der Waals surface area (Å²) >= 11 is 0. The second-order valence-electron chi connectivity index (χ2n) is 7.09. The van der Waals surface area contributed by atoms with Crippen molar-refractivity contribution in [3.05, 3.63) is 90.1 Å². The molecule has 0 aliphatic rings. The Labute approximate surface area is 182 Å². The predicted octanol–water partition coefficient (Wildman–Crippen LogP) is 3.41. The Kier molecular flexibility index (Phi) is 4.65. The van der Waals surface area contributed by atoms with Gasteiger partial charge in [-0.2, -0.15) is 15.5 Å². The van der Waals surface area contributed by atoms with Crippen LogP contribution in [0.15, 0.2) is 73.2 Å². The lowest BCUT2D eigenvalue weighted by molar-refractivity contribution is 0.102. The average molecular weight is 420 g/mol. The van der Waals surface area contributed by atoms with Gasteiger partial charge >= 0.3 is 0 Å². The van der Waals surface area contributed by atoms with E-state index in [0.717, 1.165) is 11.3 Å². The van der Waals surface area contributed by atoms with E-state index >= 15 is 0 Å². The van der Waals surface area contributed by atoms with Crippen LogP contribution in [0.1, 0.15) is 21.7 Å². The van der Waals surface area contributed by atoms with Gasteiger partial charge in [-0.25, -0.2) is 19.2 Å². The summed E-state index contributed by atoms with van der Waals surface area (Å²) in [6.45, 7) is 1.89. The first kappa shape index (κ1) is 19.1. The summed E-state index contributed by atoms with van der Waals surface area (Å²) in [7, 11) is 0. The van der Waals surface area contributed by atoms with Crippen molar-refractivity contribution in [1.82, 2.24) is 29.4 Å². The van der Waals surface area contributed by atoms with Gasteiger partial charge in [-0.3, -0.25) is 4.79 Å². The number of carbonyl (C=O) groups is 1. The van der Waals surface area contributed by atoms with Crippen molar-refractivity contribution in [1.29, 1.82) is 5.26 Å². The summed E-state index contributed by atoms with van der Waals surface area (Å²) in [6, 6.07) is 19.8. The quantitative estimate of drug-likeness (QED) is 0.477. The molecule has 1 aromatic carbocycles. The van der Waals surface area contributed by atoms with Crippen molar-refractivity contribution in [2.75, 3.05) is 5.32 Å². The fourth-order valence-corrected chi connectivity index (χ4v) is 3.35. The zero-order chi connectivity index (χ0) is 22.1. The molecule has 9 heteroatoms. The number of nitrogens with zero attached hydrogens (tertiary/aromatic N) is 7. The van der Waals surface area contributed by atoms with Crippen LogP contribution < -0.4 is 5.32 Å². The van der Waals surface area contributed by atoms with Crippen LogP contribution in [-0.4, -0.2) is 35.3 Å². The molecule has 4 aromatic heterocycles. The van der Waals surface area contributed by atoms with E-state index in [2.05, 4.69) is 31.6 Å². The van der Waals surface area contributed by atoms with Gasteiger partial charge in [-0.15, -0.1) is 0 Å². The molecule has 0 saturated carbocycles. The highest BCUT2D eigenvalue weighted by atomic mass is 16.2. The number of nitriles is 1. The molecule has 1 N–H and O–H groups in total. The summed E-state index contributed by atoms with van der Waals surface area (Å²) < 4.78 is 3.29. The maximum atomic E-state index is 13.0. The molecule has 0 aliphatic carbocycles. The molecular weight excluding hydrogens is 404 g/mol. The summed E-state index contributed by atoms with van der Waals surface area (Å²) in [6.07, 6.45) is 3.30. The van der Waals surface area contributed by atoms with Gasteiger partial charge in [0.05, 0.1) is 17.3 Å². The number of aromatic nitrogens is 6. The van der Waals surface area contributed by atoms with Gasteiger partial charge in [0.15, 0.2) is 17.2 Å². The molecule has 0 unspecified atom stereocenters. The Morgan fingerprint density at radius 1 is 1.09 bits per heavy atom. The zero-order valence-electron chi connectivity index (χ0n) is 17.0. The number of fused-ring (bicyclic) bond motifs is 1. The number of hydrogen-bond acceptors (Lipinski definition) is 6. The number of anilines is 1. The second-order valence-corrected chi connectivity index (χ2v) is 7.09. The third kappa shape index (κ3) is 3.57. The summed E-state index contributed by atoms with van der Waals surface area (Å²) in [5, 5.41) is 20.6. The largest absolute Gasteiger partial charge is 0.321 e. The minimum Gasteiger partial charge on any atom is -0.321 e.